The third-order valence-electron chi connectivity index (χ3n) is 19.7. The predicted octanol–water partition coefficient (Wildman–Crippen LogP) is 24.3. The Bertz CT molecular complexity index is 1930. The Morgan fingerprint density at radius 1 is 0.280 bits per heavy atom. The first-order valence-electron chi connectivity index (χ1n) is 42.1. The van der Waals surface area contributed by atoms with E-state index in [1.165, 1.54) is 244 Å². The number of esters is 4. The number of carbonyl (C=O) groups excluding carboxylic acids is 4. The Hall–Kier alpha value is -1.94. The van der Waals surface area contributed by atoms with E-state index < -0.39 is 97.5 Å². The third-order valence-corrected chi connectivity index (χ3v) is 21.6. The standard InChI is InChI=1S/C81H158O17P2/c1-7-11-13-15-17-19-20-21-26-30-33-40-46-52-58-64-79(84)92-70-77(97-80(85)65-59-53-47-41-34-31-28-25-23-22-24-27-29-32-38-43-49-55-61-73(5)9-3)72-96-100(89,90)94-68-75(82)67-93-99(87,88)95-71-76(69-91-78(83)63-57-51-45-37-18-16-14-12-8-2)98-81(86)66-60-54-48-42-36-35-39-44-50-56-62-74(6)10-4/h73-77,82H,7-72H2,1-6H3,(H,87,88)(H,89,90)/t73?,74?,75-,76+,77+/m0/s1. The number of ether oxygens (including phenoxy) is 4. The van der Waals surface area contributed by atoms with Gasteiger partial charge in [0.2, 0.25) is 0 Å². The fourth-order valence-electron chi connectivity index (χ4n) is 12.5. The van der Waals surface area contributed by atoms with Crippen LogP contribution in [0.2, 0.25) is 0 Å². The minimum absolute atomic E-state index is 0.106. The molecule has 7 atom stereocenters. The van der Waals surface area contributed by atoms with Gasteiger partial charge in [-0.15, -0.1) is 0 Å². The Morgan fingerprint density at radius 2 is 0.480 bits per heavy atom. The first-order chi connectivity index (χ1) is 48.4. The Kier molecular flexibility index (Phi) is 71.2. The molecule has 0 aromatic heterocycles. The zero-order valence-corrected chi connectivity index (χ0v) is 67.3. The molecule has 0 saturated heterocycles. The van der Waals surface area contributed by atoms with Crippen molar-refractivity contribution in [2.45, 2.75) is 445 Å². The van der Waals surface area contributed by atoms with E-state index in [1.54, 1.807) is 0 Å². The predicted molar refractivity (Wildman–Crippen MR) is 409 cm³/mol. The van der Waals surface area contributed by atoms with Gasteiger partial charge in [-0.2, -0.15) is 0 Å². The molecular weight excluding hydrogens is 1310 g/mol. The molecule has 17 nitrogen and oxygen atoms in total. The van der Waals surface area contributed by atoms with Crippen molar-refractivity contribution < 1.29 is 80.2 Å². The van der Waals surface area contributed by atoms with Gasteiger partial charge >= 0.3 is 39.5 Å². The van der Waals surface area contributed by atoms with E-state index in [4.69, 9.17) is 37.0 Å². The number of hydrogen-bond donors (Lipinski definition) is 3. The summed E-state index contributed by atoms with van der Waals surface area (Å²) >= 11 is 0. The fourth-order valence-corrected chi connectivity index (χ4v) is 14.1. The number of hydrogen-bond acceptors (Lipinski definition) is 15. The van der Waals surface area contributed by atoms with Gasteiger partial charge in [0.1, 0.15) is 19.3 Å². The summed E-state index contributed by atoms with van der Waals surface area (Å²) < 4.78 is 68.7. The number of phosphoric ester groups is 2. The highest BCUT2D eigenvalue weighted by atomic mass is 31.2. The summed E-state index contributed by atoms with van der Waals surface area (Å²) in [4.78, 5) is 73.0. The van der Waals surface area contributed by atoms with Crippen LogP contribution in [0.25, 0.3) is 0 Å². The minimum Gasteiger partial charge on any atom is -0.462 e. The topological polar surface area (TPSA) is 237 Å². The summed E-state index contributed by atoms with van der Waals surface area (Å²) in [5, 5.41) is 10.6. The van der Waals surface area contributed by atoms with Gasteiger partial charge in [-0.05, 0) is 37.5 Å². The molecule has 0 fully saturated rings. The molecule has 0 bridgehead atoms. The number of carbonyl (C=O) groups is 4. The number of phosphoric acid groups is 2. The smallest absolute Gasteiger partial charge is 0.462 e. The molecular formula is C81H158O17P2. The number of unbranched alkanes of at least 4 members (excludes halogenated alkanes) is 48. The summed E-state index contributed by atoms with van der Waals surface area (Å²) in [6, 6.07) is 0. The van der Waals surface area contributed by atoms with Crippen molar-refractivity contribution >= 4 is 39.5 Å². The van der Waals surface area contributed by atoms with Crippen molar-refractivity contribution in [1.82, 2.24) is 0 Å². The summed E-state index contributed by atoms with van der Waals surface area (Å²) in [5.74, 6) is -0.435. The number of aliphatic hydroxyl groups excluding tert-OH is 1. The molecule has 0 aromatic rings. The maximum absolute atomic E-state index is 13.1. The molecule has 0 aromatic carbocycles. The maximum Gasteiger partial charge on any atom is 0.472 e. The van der Waals surface area contributed by atoms with Gasteiger partial charge in [0.25, 0.3) is 0 Å². The van der Waals surface area contributed by atoms with Gasteiger partial charge < -0.3 is 33.8 Å². The molecule has 100 heavy (non-hydrogen) atoms. The van der Waals surface area contributed by atoms with Crippen LogP contribution in [0.4, 0.5) is 0 Å². The highest BCUT2D eigenvalue weighted by Gasteiger charge is 2.30. The summed E-state index contributed by atoms with van der Waals surface area (Å²) in [6.45, 7) is 9.71. The van der Waals surface area contributed by atoms with Crippen molar-refractivity contribution in [3.05, 3.63) is 0 Å². The van der Waals surface area contributed by atoms with Crippen LogP contribution < -0.4 is 0 Å². The maximum atomic E-state index is 13.1. The van der Waals surface area contributed by atoms with Crippen LogP contribution in [0.3, 0.4) is 0 Å². The molecule has 0 amide bonds. The van der Waals surface area contributed by atoms with Crippen LogP contribution in [0.15, 0.2) is 0 Å². The summed E-state index contributed by atoms with van der Waals surface area (Å²) in [5.41, 5.74) is 0. The van der Waals surface area contributed by atoms with Crippen molar-refractivity contribution in [2.24, 2.45) is 11.8 Å². The molecule has 0 aliphatic carbocycles. The highest BCUT2D eigenvalue weighted by Crippen LogP contribution is 2.45. The van der Waals surface area contributed by atoms with E-state index in [-0.39, 0.29) is 25.7 Å². The van der Waals surface area contributed by atoms with Crippen LogP contribution in [0, 0.1) is 11.8 Å². The summed E-state index contributed by atoms with van der Waals surface area (Å²) in [7, 11) is -9.92. The minimum atomic E-state index is -4.96. The normalized spacial score (nSPS) is 14.4. The number of aliphatic hydroxyl groups is 1. The molecule has 0 heterocycles. The molecule has 0 aliphatic heterocycles. The molecule has 594 valence electrons. The lowest BCUT2D eigenvalue weighted by molar-refractivity contribution is -0.161. The highest BCUT2D eigenvalue weighted by molar-refractivity contribution is 7.47. The average molecular weight is 1470 g/mol. The quantitative estimate of drug-likeness (QED) is 0.0222. The van der Waals surface area contributed by atoms with Crippen molar-refractivity contribution in [3.8, 4) is 0 Å². The van der Waals surface area contributed by atoms with Gasteiger partial charge in [-0.3, -0.25) is 37.3 Å². The SMILES string of the molecule is CCCCCCCCCCCCCCCCCC(=O)OC[C@H](COP(=O)(O)OC[C@@H](O)COP(=O)(O)OC[C@@H](COC(=O)CCCCCCCCCCC)OC(=O)CCCCCCCCCCCCC(C)CC)OC(=O)CCCCCCCCCCCCCCCCCCCCC(C)CC. The van der Waals surface area contributed by atoms with E-state index in [2.05, 4.69) is 41.5 Å². The first kappa shape index (κ1) is 98.1. The Labute approximate surface area is 613 Å². The van der Waals surface area contributed by atoms with Crippen LogP contribution >= 0.6 is 15.6 Å². The molecule has 0 rings (SSSR count). The van der Waals surface area contributed by atoms with Crippen molar-refractivity contribution in [1.29, 1.82) is 0 Å². The lowest BCUT2D eigenvalue weighted by atomic mass is 9.99. The van der Waals surface area contributed by atoms with Gasteiger partial charge in [-0.25, -0.2) is 9.13 Å². The van der Waals surface area contributed by atoms with Gasteiger partial charge in [-0.1, -0.05) is 375 Å². The molecule has 3 N–H and O–H groups in total. The average Bonchev–Trinajstić information content (AvgIpc) is 0.935. The largest absolute Gasteiger partial charge is 0.472 e. The fraction of sp³-hybridized carbons (Fsp3) is 0.951. The van der Waals surface area contributed by atoms with E-state index in [1.807, 2.05) is 0 Å². The van der Waals surface area contributed by atoms with E-state index in [0.29, 0.717) is 25.7 Å². The van der Waals surface area contributed by atoms with Crippen LogP contribution in [-0.4, -0.2) is 96.7 Å². The molecule has 0 radical (unpaired) electrons. The zero-order chi connectivity index (χ0) is 73.5. The van der Waals surface area contributed by atoms with Gasteiger partial charge in [0.05, 0.1) is 26.4 Å². The van der Waals surface area contributed by atoms with Gasteiger partial charge in [0.15, 0.2) is 12.2 Å². The second-order valence-corrected chi connectivity index (χ2v) is 32.6. The molecule has 19 heteroatoms. The van der Waals surface area contributed by atoms with Gasteiger partial charge in [0, 0.05) is 25.7 Å². The van der Waals surface area contributed by atoms with Crippen LogP contribution in [0.5, 0.6) is 0 Å². The van der Waals surface area contributed by atoms with E-state index >= 15 is 0 Å². The molecule has 0 spiro atoms. The third kappa shape index (κ3) is 71.7. The van der Waals surface area contributed by atoms with Crippen molar-refractivity contribution in [2.75, 3.05) is 39.6 Å². The Balaban J connectivity index is 5.20. The first-order valence-corrected chi connectivity index (χ1v) is 45.1. The lowest BCUT2D eigenvalue weighted by Gasteiger charge is -2.21. The molecule has 4 unspecified atom stereocenters. The second-order valence-electron chi connectivity index (χ2n) is 29.6. The van der Waals surface area contributed by atoms with Crippen LogP contribution in [0.1, 0.15) is 427 Å². The molecule has 0 saturated carbocycles. The number of rotatable bonds is 80. The van der Waals surface area contributed by atoms with Crippen LogP contribution in [-0.2, 0) is 65.4 Å². The van der Waals surface area contributed by atoms with E-state index in [9.17, 15) is 43.2 Å². The lowest BCUT2D eigenvalue weighted by Crippen LogP contribution is -2.30. The monoisotopic (exact) mass is 1470 g/mol. The Morgan fingerprint density at radius 3 is 0.710 bits per heavy atom. The van der Waals surface area contributed by atoms with Crippen molar-refractivity contribution in [3.63, 3.8) is 0 Å². The zero-order valence-electron chi connectivity index (χ0n) is 65.5. The second kappa shape index (κ2) is 72.6. The van der Waals surface area contributed by atoms with E-state index in [0.717, 1.165) is 102 Å². The summed E-state index contributed by atoms with van der Waals surface area (Å²) in [6.07, 6.45) is 62.3. The molecule has 0 aliphatic rings.